The highest BCUT2D eigenvalue weighted by Gasteiger charge is 2.21. The summed E-state index contributed by atoms with van der Waals surface area (Å²) in [6, 6.07) is 0. The number of unbranched alkanes of at least 4 members (excludes halogenated alkanes) is 2. The van der Waals surface area contributed by atoms with Gasteiger partial charge in [0.05, 0.1) is 5.60 Å². The van der Waals surface area contributed by atoms with Crippen LogP contribution in [0.1, 0.15) is 126 Å². The summed E-state index contributed by atoms with van der Waals surface area (Å²) < 4.78 is 0. The van der Waals surface area contributed by atoms with Crippen LogP contribution < -0.4 is 0 Å². The monoisotopic (exact) mass is 450 g/mol. The lowest BCUT2D eigenvalue weighted by Gasteiger charge is -2.27. The average molecular weight is 451 g/mol. The van der Waals surface area contributed by atoms with Crippen molar-refractivity contribution in [3.8, 4) is 0 Å². The van der Waals surface area contributed by atoms with Crippen molar-refractivity contribution >= 4 is 9.24 Å². The van der Waals surface area contributed by atoms with Crippen molar-refractivity contribution in [2.45, 2.75) is 137 Å². The molecule has 0 saturated carbocycles. The third-order valence-corrected chi connectivity index (χ3v) is 7.94. The molecule has 0 fully saturated rings. The molecular formula is C29H55OP. The Kier molecular flexibility index (Phi) is 16.9. The van der Waals surface area contributed by atoms with Gasteiger partial charge in [-0.1, -0.05) is 95.2 Å². The third-order valence-electron chi connectivity index (χ3n) is 6.93. The minimum atomic E-state index is -0.491. The molecule has 0 amide bonds. The van der Waals surface area contributed by atoms with Gasteiger partial charge in [-0.3, -0.25) is 0 Å². The molecule has 1 aliphatic rings. The van der Waals surface area contributed by atoms with Gasteiger partial charge in [0.25, 0.3) is 0 Å². The van der Waals surface area contributed by atoms with Crippen molar-refractivity contribution in [1.29, 1.82) is 0 Å². The van der Waals surface area contributed by atoms with Crippen molar-refractivity contribution in [3.63, 3.8) is 0 Å². The maximum absolute atomic E-state index is 10.5. The van der Waals surface area contributed by atoms with Gasteiger partial charge in [-0.2, -0.15) is 0 Å². The summed E-state index contributed by atoms with van der Waals surface area (Å²) in [6.45, 7) is 17.5. The van der Waals surface area contributed by atoms with Gasteiger partial charge in [0.15, 0.2) is 0 Å². The van der Waals surface area contributed by atoms with Gasteiger partial charge >= 0.3 is 0 Å². The second-order valence-corrected chi connectivity index (χ2v) is 10.8. The number of aliphatic hydroxyl groups is 1. The van der Waals surface area contributed by atoms with E-state index in [-0.39, 0.29) is 0 Å². The zero-order valence-corrected chi connectivity index (χ0v) is 23.4. The molecule has 1 rings (SSSR count). The molecular weight excluding hydrogens is 395 g/mol. The molecule has 0 aromatic carbocycles. The predicted octanol–water partition coefficient (Wildman–Crippen LogP) is 9.42. The zero-order chi connectivity index (χ0) is 23.9. The van der Waals surface area contributed by atoms with E-state index in [1.807, 2.05) is 20.8 Å². The van der Waals surface area contributed by atoms with Crippen LogP contribution in [0.25, 0.3) is 0 Å². The Morgan fingerprint density at radius 1 is 1.16 bits per heavy atom. The van der Waals surface area contributed by atoms with Crippen LogP contribution in [0.2, 0.25) is 0 Å². The van der Waals surface area contributed by atoms with E-state index in [9.17, 15) is 5.11 Å². The first-order valence-corrected chi connectivity index (χ1v) is 13.8. The lowest BCUT2D eigenvalue weighted by atomic mass is 9.85. The Hall–Kier alpha value is -0.390. The van der Waals surface area contributed by atoms with Crippen LogP contribution >= 0.6 is 9.24 Å². The van der Waals surface area contributed by atoms with Crippen LogP contribution in [-0.2, 0) is 0 Å². The lowest BCUT2D eigenvalue weighted by Crippen LogP contribution is -2.23. The summed E-state index contributed by atoms with van der Waals surface area (Å²) in [4.78, 5) is 0. The first-order chi connectivity index (χ1) is 14.7. The van der Waals surface area contributed by atoms with Crippen LogP contribution in [-0.4, -0.2) is 16.4 Å². The summed E-state index contributed by atoms with van der Waals surface area (Å²) >= 11 is 0. The van der Waals surface area contributed by atoms with Crippen molar-refractivity contribution in [1.82, 2.24) is 0 Å². The first-order valence-electron chi connectivity index (χ1n) is 13.2. The Balaban J connectivity index is 0.00000436. The number of allylic oxidation sites excluding steroid dienone is 6. The van der Waals surface area contributed by atoms with Crippen molar-refractivity contribution in [3.05, 3.63) is 34.9 Å². The van der Waals surface area contributed by atoms with Gasteiger partial charge in [-0.05, 0) is 77.6 Å². The van der Waals surface area contributed by atoms with E-state index in [1.165, 1.54) is 56.1 Å². The van der Waals surface area contributed by atoms with E-state index >= 15 is 0 Å². The molecule has 1 nitrogen and oxygen atoms in total. The largest absolute Gasteiger partial charge is 0.390 e. The fraction of sp³-hybridized carbons (Fsp3) is 0.793. The second kappa shape index (κ2) is 17.1. The minimum absolute atomic E-state index is 0.491. The topological polar surface area (TPSA) is 20.2 Å². The van der Waals surface area contributed by atoms with E-state index < -0.39 is 5.60 Å². The van der Waals surface area contributed by atoms with Crippen molar-refractivity contribution in [2.24, 2.45) is 11.8 Å². The van der Waals surface area contributed by atoms with Gasteiger partial charge in [0.1, 0.15) is 0 Å². The zero-order valence-electron chi connectivity index (χ0n) is 22.3. The van der Waals surface area contributed by atoms with E-state index in [0.29, 0.717) is 11.6 Å². The maximum Gasteiger partial charge on any atom is 0.0622 e. The highest BCUT2D eigenvalue weighted by Crippen LogP contribution is 2.34. The molecule has 5 atom stereocenters. The van der Waals surface area contributed by atoms with E-state index in [2.05, 4.69) is 62.1 Å². The SMILES string of the molecule is CC.CCCCCC(C)(O)CC/C=C(\C)CCCC(C)CCC1=CC=C(C)C(C)C1P. The molecule has 182 valence electrons. The molecule has 1 aliphatic carbocycles. The lowest BCUT2D eigenvalue weighted by molar-refractivity contribution is 0.0403. The van der Waals surface area contributed by atoms with Crippen molar-refractivity contribution < 1.29 is 5.11 Å². The van der Waals surface area contributed by atoms with Crippen LogP contribution in [0.15, 0.2) is 34.9 Å². The molecule has 0 spiro atoms. The molecule has 31 heavy (non-hydrogen) atoms. The summed E-state index contributed by atoms with van der Waals surface area (Å²) in [7, 11) is 3.07. The van der Waals surface area contributed by atoms with Crippen LogP contribution in [0.4, 0.5) is 0 Å². The first kappa shape index (κ1) is 30.6. The van der Waals surface area contributed by atoms with Crippen LogP contribution in [0.3, 0.4) is 0 Å². The quantitative estimate of drug-likeness (QED) is 0.159. The molecule has 0 radical (unpaired) electrons. The minimum Gasteiger partial charge on any atom is -0.390 e. The summed E-state index contributed by atoms with van der Waals surface area (Å²) in [5.74, 6) is 1.46. The molecule has 0 aliphatic heterocycles. The molecule has 0 saturated heterocycles. The summed E-state index contributed by atoms with van der Waals surface area (Å²) in [5.41, 5.74) is 4.75. The highest BCUT2D eigenvalue weighted by atomic mass is 31.0. The summed E-state index contributed by atoms with van der Waals surface area (Å²) in [5, 5.41) is 10.5. The Morgan fingerprint density at radius 2 is 1.84 bits per heavy atom. The highest BCUT2D eigenvalue weighted by molar-refractivity contribution is 7.18. The van der Waals surface area contributed by atoms with Gasteiger partial charge < -0.3 is 5.11 Å². The summed E-state index contributed by atoms with van der Waals surface area (Å²) in [6.07, 6.45) is 19.8. The molecule has 0 aromatic heterocycles. The maximum atomic E-state index is 10.5. The number of hydrogen-bond acceptors (Lipinski definition) is 1. The van der Waals surface area contributed by atoms with Crippen LogP contribution in [0.5, 0.6) is 0 Å². The van der Waals surface area contributed by atoms with Gasteiger partial charge in [0.2, 0.25) is 0 Å². The molecule has 0 heterocycles. The van der Waals surface area contributed by atoms with E-state index in [1.54, 1.807) is 5.57 Å². The average Bonchev–Trinajstić information content (AvgIpc) is 2.73. The van der Waals surface area contributed by atoms with Crippen molar-refractivity contribution in [2.75, 3.05) is 0 Å². The van der Waals surface area contributed by atoms with Gasteiger partial charge in [0, 0.05) is 5.66 Å². The fourth-order valence-corrected chi connectivity index (χ4v) is 4.84. The van der Waals surface area contributed by atoms with E-state index in [0.717, 1.165) is 31.6 Å². The standard InChI is InChI=1S/C27H49OP.C2H6/c1-7-8-9-19-27(6,28)20-11-14-21(2)12-10-13-22(3)15-17-25-18-16-23(4)24(5)26(25)29;1-2/h14,16,18,22,24,26,28H,7-13,15,17,19-20,29H2,1-6H3;1-2H3/b21-14+;. The second-order valence-electron chi connectivity index (χ2n) is 10.0. The van der Waals surface area contributed by atoms with Gasteiger partial charge in [-0.15, -0.1) is 9.24 Å². The molecule has 1 N–H and O–H groups in total. The molecule has 2 heteroatoms. The number of rotatable bonds is 14. The predicted molar refractivity (Wildman–Crippen MR) is 146 cm³/mol. The molecule has 0 aromatic rings. The molecule has 0 bridgehead atoms. The third kappa shape index (κ3) is 13.7. The Bertz CT molecular complexity index is 555. The van der Waals surface area contributed by atoms with Gasteiger partial charge in [-0.25, -0.2) is 0 Å². The van der Waals surface area contributed by atoms with Crippen LogP contribution in [0, 0.1) is 11.8 Å². The molecule has 5 unspecified atom stereocenters. The fourth-order valence-electron chi connectivity index (χ4n) is 4.25. The Labute approximate surface area is 198 Å². The number of hydrogen-bond donors (Lipinski definition) is 1. The Morgan fingerprint density at radius 3 is 2.48 bits per heavy atom. The normalized spacial score (nSPS) is 22.1. The van der Waals surface area contributed by atoms with E-state index in [4.69, 9.17) is 0 Å². The smallest absolute Gasteiger partial charge is 0.0622 e.